The van der Waals surface area contributed by atoms with Crippen LogP contribution in [-0.4, -0.2) is 37.0 Å². The quantitative estimate of drug-likeness (QED) is 0.431. The Morgan fingerprint density at radius 1 is 1.21 bits per heavy atom. The van der Waals surface area contributed by atoms with E-state index in [1.807, 2.05) is 0 Å². The number of rotatable bonds is 5. The smallest absolute Gasteiger partial charge is 0.338 e. The number of aliphatic imine (C=N–C) groups is 1. The summed E-state index contributed by atoms with van der Waals surface area (Å²) in [5.74, 6) is -2.90. The number of carbonyl (C=O) groups is 2. The second kappa shape index (κ2) is 10.1. The number of hydrogen-bond donors (Lipinski definition) is 1. The van der Waals surface area contributed by atoms with Crippen molar-refractivity contribution in [2.45, 2.75) is 25.3 Å². The van der Waals surface area contributed by atoms with Crippen LogP contribution in [0.1, 0.15) is 35.9 Å². The highest BCUT2D eigenvalue weighted by molar-refractivity contribution is 9.10. The first-order valence-electron chi connectivity index (χ1n) is 10.3. The van der Waals surface area contributed by atoms with Crippen LogP contribution in [0.4, 0.5) is 8.78 Å². The first kappa shape index (κ1) is 24.2. The third-order valence-electron chi connectivity index (χ3n) is 5.74. The maximum Gasteiger partial charge on any atom is 0.338 e. The van der Waals surface area contributed by atoms with Gasteiger partial charge in [-0.3, -0.25) is 4.99 Å². The monoisotopic (exact) mass is 551 g/mol. The minimum absolute atomic E-state index is 0.126. The number of nitrogens with one attached hydrogen (secondary N) is 1. The van der Waals surface area contributed by atoms with E-state index in [-0.39, 0.29) is 27.5 Å². The van der Waals surface area contributed by atoms with E-state index in [9.17, 15) is 18.4 Å². The molecule has 1 N–H and O–H groups in total. The molecule has 34 heavy (non-hydrogen) atoms. The molecule has 4 rings (SSSR count). The second-order valence-electron chi connectivity index (χ2n) is 7.62. The largest absolute Gasteiger partial charge is 0.466 e. The van der Waals surface area contributed by atoms with Crippen LogP contribution in [-0.2, 0) is 19.1 Å². The molecule has 0 amide bonds. The van der Waals surface area contributed by atoms with Gasteiger partial charge in [-0.2, -0.15) is 0 Å². The molecule has 1 aromatic carbocycles. The minimum atomic E-state index is -1.07. The van der Waals surface area contributed by atoms with Gasteiger partial charge in [0.05, 0.1) is 24.3 Å². The Hall–Kier alpha value is -2.92. The molecule has 2 heterocycles. The van der Waals surface area contributed by atoms with E-state index < -0.39 is 23.6 Å². The van der Waals surface area contributed by atoms with E-state index in [4.69, 9.17) is 9.47 Å². The lowest BCUT2D eigenvalue weighted by Crippen LogP contribution is -2.37. The first-order chi connectivity index (χ1) is 16.3. The van der Waals surface area contributed by atoms with Crippen molar-refractivity contribution in [2.75, 3.05) is 14.2 Å². The van der Waals surface area contributed by atoms with Crippen molar-refractivity contribution in [1.29, 1.82) is 0 Å². The van der Waals surface area contributed by atoms with Crippen LogP contribution >= 0.6 is 27.3 Å². The summed E-state index contributed by atoms with van der Waals surface area (Å²) in [6, 6.07) is 1.41. The van der Waals surface area contributed by atoms with Crippen molar-refractivity contribution in [3.05, 3.63) is 73.3 Å². The number of methoxy groups -OCH3 is 2. The van der Waals surface area contributed by atoms with E-state index in [1.54, 1.807) is 17.7 Å². The van der Waals surface area contributed by atoms with Gasteiger partial charge in [0.15, 0.2) is 22.5 Å². The number of allylic oxidation sites excluding steroid dienone is 2. The number of amidine groups is 1. The highest BCUT2D eigenvalue weighted by Crippen LogP contribution is 2.41. The SMILES string of the molecule is COC(=O)C1=CC[C@H](C2=C(C(=O)OC)C(c3ccc(F)c(F)c3Br)N=C(c3nccs3)N2)CC1. The predicted molar refractivity (Wildman–Crippen MR) is 125 cm³/mol. The normalized spacial score (nSPS) is 20.3. The Morgan fingerprint density at radius 2 is 1.97 bits per heavy atom. The molecule has 2 atom stereocenters. The highest BCUT2D eigenvalue weighted by atomic mass is 79.9. The number of hydrogen-bond acceptors (Lipinski definition) is 8. The summed E-state index contributed by atoms with van der Waals surface area (Å²) < 4.78 is 38.0. The molecule has 0 saturated carbocycles. The average Bonchev–Trinajstić information content (AvgIpc) is 3.41. The summed E-state index contributed by atoms with van der Waals surface area (Å²) in [6.45, 7) is 0. The lowest BCUT2D eigenvalue weighted by atomic mass is 9.82. The molecule has 7 nitrogen and oxygen atoms in total. The van der Waals surface area contributed by atoms with E-state index >= 15 is 0 Å². The lowest BCUT2D eigenvalue weighted by molar-refractivity contribution is -0.137. The van der Waals surface area contributed by atoms with Crippen LogP contribution < -0.4 is 5.32 Å². The number of aromatic nitrogens is 1. The van der Waals surface area contributed by atoms with Gasteiger partial charge in [0.1, 0.15) is 6.04 Å². The van der Waals surface area contributed by atoms with Crippen LogP contribution in [0.25, 0.3) is 0 Å². The molecular formula is C23H20BrF2N3O4S. The van der Waals surface area contributed by atoms with Gasteiger partial charge >= 0.3 is 11.9 Å². The Morgan fingerprint density at radius 3 is 2.59 bits per heavy atom. The third-order valence-corrected chi connectivity index (χ3v) is 7.33. The summed E-state index contributed by atoms with van der Waals surface area (Å²) >= 11 is 4.47. The number of thiazole rings is 1. The lowest BCUT2D eigenvalue weighted by Gasteiger charge is -2.32. The summed E-state index contributed by atoms with van der Waals surface area (Å²) in [5.41, 5.74) is 1.58. The molecule has 0 spiro atoms. The van der Waals surface area contributed by atoms with Gasteiger partial charge in [-0.05, 0) is 46.8 Å². The number of carbonyl (C=O) groups excluding carboxylic acids is 2. The average molecular weight is 552 g/mol. The Labute approximate surface area is 206 Å². The minimum Gasteiger partial charge on any atom is -0.466 e. The molecule has 1 unspecified atom stereocenters. The van der Waals surface area contributed by atoms with Gasteiger partial charge in [-0.1, -0.05) is 12.1 Å². The molecule has 0 bridgehead atoms. The Bertz CT molecular complexity index is 1230. The van der Waals surface area contributed by atoms with Gasteiger partial charge in [-0.15, -0.1) is 11.3 Å². The van der Waals surface area contributed by atoms with Gasteiger partial charge < -0.3 is 14.8 Å². The molecular weight excluding hydrogens is 532 g/mol. The summed E-state index contributed by atoms with van der Waals surface area (Å²) in [7, 11) is 2.58. The van der Waals surface area contributed by atoms with Crippen molar-refractivity contribution in [1.82, 2.24) is 10.3 Å². The van der Waals surface area contributed by atoms with Crippen molar-refractivity contribution in [2.24, 2.45) is 10.9 Å². The molecule has 1 aliphatic carbocycles. The predicted octanol–water partition coefficient (Wildman–Crippen LogP) is 4.60. The molecule has 1 aromatic heterocycles. The van der Waals surface area contributed by atoms with Gasteiger partial charge in [-0.25, -0.2) is 23.4 Å². The summed E-state index contributed by atoms with van der Waals surface area (Å²) in [4.78, 5) is 33.9. The van der Waals surface area contributed by atoms with E-state index in [2.05, 4.69) is 31.2 Å². The number of esters is 2. The maximum absolute atomic E-state index is 14.5. The molecule has 1 aliphatic heterocycles. The topological polar surface area (TPSA) is 89.9 Å². The fourth-order valence-electron chi connectivity index (χ4n) is 4.06. The van der Waals surface area contributed by atoms with Crippen molar-refractivity contribution in [3.8, 4) is 0 Å². The zero-order valence-electron chi connectivity index (χ0n) is 18.2. The fourth-order valence-corrected chi connectivity index (χ4v) is 5.19. The fraction of sp³-hybridized carbons (Fsp3) is 0.304. The molecule has 178 valence electrons. The number of nitrogens with zero attached hydrogens (tertiary/aromatic N) is 2. The van der Waals surface area contributed by atoms with Crippen molar-refractivity contribution < 1.29 is 27.8 Å². The standard InChI is InChI=1S/C23H20BrF2N3O4S/c1-32-22(30)12-5-3-11(4-6-12)18-15(23(31)33-2)19(13-7-8-14(25)17(26)16(13)24)29-20(28-18)21-27-9-10-34-21/h5,7-11,19H,3-4,6H2,1-2H3,(H,28,29)/t11-,19?/m0/s1. The number of ether oxygens (including phenoxy) is 2. The van der Waals surface area contributed by atoms with E-state index in [0.717, 1.165) is 6.07 Å². The summed E-state index contributed by atoms with van der Waals surface area (Å²) in [6.07, 6.45) is 4.89. The Balaban J connectivity index is 1.86. The summed E-state index contributed by atoms with van der Waals surface area (Å²) in [5, 5.41) is 5.60. The van der Waals surface area contributed by atoms with Gasteiger partial charge in [0.2, 0.25) is 0 Å². The van der Waals surface area contributed by atoms with Crippen LogP contribution in [0, 0.1) is 17.6 Å². The molecule has 0 radical (unpaired) electrons. The zero-order chi connectivity index (χ0) is 24.4. The number of halogens is 3. The number of benzene rings is 1. The molecule has 2 aliphatic rings. The highest BCUT2D eigenvalue weighted by Gasteiger charge is 2.37. The van der Waals surface area contributed by atoms with E-state index in [0.29, 0.717) is 41.4 Å². The Kier molecular flexibility index (Phi) is 7.22. The first-order valence-corrected chi connectivity index (χ1v) is 12.0. The van der Waals surface area contributed by atoms with Crippen LogP contribution in [0.2, 0.25) is 0 Å². The van der Waals surface area contributed by atoms with Gasteiger partial charge in [0.25, 0.3) is 0 Å². The van der Waals surface area contributed by atoms with Crippen molar-refractivity contribution >= 4 is 45.0 Å². The molecule has 11 heteroatoms. The van der Waals surface area contributed by atoms with E-state index in [1.165, 1.54) is 31.6 Å². The van der Waals surface area contributed by atoms with Crippen LogP contribution in [0.3, 0.4) is 0 Å². The molecule has 0 saturated heterocycles. The van der Waals surface area contributed by atoms with Crippen molar-refractivity contribution in [3.63, 3.8) is 0 Å². The van der Waals surface area contributed by atoms with Crippen LogP contribution in [0.5, 0.6) is 0 Å². The zero-order valence-corrected chi connectivity index (χ0v) is 20.6. The third kappa shape index (κ3) is 4.54. The molecule has 0 fully saturated rings. The van der Waals surface area contributed by atoms with Gasteiger partial charge in [0, 0.05) is 28.8 Å². The molecule has 2 aromatic rings. The maximum atomic E-state index is 14.5. The second-order valence-corrected chi connectivity index (χ2v) is 9.31. The van der Waals surface area contributed by atoms with Crippen LogP contribution in [0.15, 0.2) is 56.1 Å².